The van der Waals surface area contributed by atoms with Crippen molar-refractivity contribution in [3.63, 3.8) is 0 Å². The normalized spacial score (nSPS) is 11.0. The van der Waals surface area contributed by atoms with Crippen LogP contribution in [0.3, 0.4) is 0 Å². The molecule has 0 unspecified atom stereocenters. The molecule has 2 rings (SSSR count). The van der Waals surface area contributed by atoms with Gasteiger partial charge < -0.3 is 9.47 Å². The van der Waals surface area contributed by atoms with Crippen LogP contribution in [0.5, 0.6) is 5.75 Å². The molecule has 21 heavy (non-hydrogen) atoms. The summed E-state index contributed by atoms with van der Waals surface area (Å²) in [6.45, 7) is 0. The number of methoxy groups -OCH3 is 1. The van der Waals surface area contributed by atoms with E-state index in [4.69, 9.17) is 0 Å². The van der Waals surface area contributed by atoms with Gasteiger partial charge in [-0.3, -0.25) is 4.98 Å². The zero-order chi connectivity index (χ0) is 15.5. The maximum absolute atomic E-state index is 12.1. The highest BCUT2D eigenvalue weighted by Crippen LogP contribution is 2.26. The Labute approximate surface area is 118 Å². The van der Waals surface area contributed by atoms with Crippen molar-refractivity contribution in [2.45, 2.75) is 6.36 Å². The van der Waals surface area contributed by atoms with Crippen molar-refractivity contribution < 1.29 is 27.4 Å². The number of ether oxygens (including phenoxy) is 2. The van der Waals surface area contributed by atoms with Gasteiger partial charge in [-0.25, -0.2) is 4.79 Å². The molecule has 0 fully saturated rings. The van der Waals surface area contributed by atoms with Crippen molar-refractivity contribution in [3.8, 4) is 17.0 Å². The van der Waals surface area contributed by atoms with Crippen LogP contribution in [0, 0.1) is 0 Å². The summed E-state index contributed by atoms with van der Waals surface area (Å²) >= 11 is 0. The molecule has 1 heterocycles. The van der Waals surface area contributed by atoms with E-state index in [9.17, 15) is 18.0 Å². The lowest BCUT2D eigenvalue weighted by molar-refractivity contribution is -0.274. The smallest absolute Gasteiger partial charge is 0.465 e. The summed E-state index contributed by atoms with van der Waals surface area (Å²) in [5.41, 5.74) is 1.30. The number of nitrogens with zero attached hydrogens (tertiary/aromatic N) is 1. The molecule has 1 aromatic carbocycles. The Morgan fingerprint density at radius 3 is 2.38 bits per heavy atom. The van der Waals surface area contributed by atoms with Gasteiger partial charge in [-0.1, -0.05) is 0 Å². The van der Waals surface area contributed by atoms with Gasteiger partial charge in [0.05, 0.1) is 18.4 Å². The third kappa shape index (κ3) is 3.95. The largest absolute Gasteiger partial charge is 0.573 e. The third-order valence-corrected chi connectivity index (χ3v) is 2.56. The van der Waals surface area contributed by atoms with Crippen molar-refractivity contribution in [1.29, 1.82) is 0 Å². The van der Waals surface area contributed by atoms with Crippen LogP contribution in [-0.4, -0.2) is 24.4 Å². The molecular formula is C14H10F3NO3. The van der Waals surface area contributed by atoms with E-state index in [2.05, 4.69) is 14.5 Å². The van der Waals surface area contributed by atoms with E-state index in [1.807, 2.05) is 0 Å². The highest BCUT2D eigenvalue weighted by atomic mass is 19.4. The van der Waals surface area contributed by atoms with Crippen molar-refractivity contribution in [2.24, 2.45) is 0 Å². The number of pyridine rings is 1. The topological polar surface area (TPSA) is 48.4 Å². The first-order valence-corrected chi connectivity index (χ1v) is 5.79. The Morgan fingerprint density at radius 2 is 1.81 bits per heavy atom. The van der Waals surface area contributed by atoms with Gasteiger partial charge in [-0.2, -0.15) is 0 Å². The van der Waals surface area contributed by atoms with Gasteiger partial charge in [0.1, 0.15) is 5.75 Å². The molecule has 0 amide bonds. The number of alkyl halides is 3. The maximum atomic E-state index is 12.1. The molecule has 4 nitrogen and oxygen atoms in total. The highest BCUT2D eigenvalue weighted by molar-refractivity contribution is 5.90. The number of rotatable bonds is 3. The van der Waals surface area contributed by atoms with Gasteiger partial charge in [0.25, 0.3) is 0 Å². The lowest BCUT2D eigenvalue weighted by Gasteiger charge is -2.09. The second-order valence-corrected chi connectivity index (χ2v) is 3.99. The zero-order valence-corrected chi connectivity index (χ0v) is 10.8. The molecule has 1 aromatic heterocycles. The molecule has 0 saturated carbocycles. The van der Waals surface area contributed by atoms with Gasteiger partial charge in [0, 0.05) is 11.8 Å². The number of carbonyl (C=O) groups excluding carboxylic acids is 1. The average Bonchev–Trinajstić information content (AvgIpc) is 2.45. The van der Waals surface area contributed by atoms with Crippen molar-refractivity contribution >= 4 is 5.97 Å². The standard InChI is InChI=1S/C14H10F3NO3/c1-20-13(19)10-6-7-18-12(8-10)9-2-4-11(5-3-9)21-14(15,16)17/h2-8H,1H3. The summed E-state index contributed by atoms with van der Waals surface area (Å²) in [7, 11) is 1.26. The van der Waals surface area contributed by atoms with E-state index in [-0.39, 0.29) is 5.75 Å². The summed E-state index contributed by atoms with van der Waals surface area (Å²) in [4.78, 5) is 15.5. The molecule has 0 aliphatic carbocycles. The molecule has 0 saturated heterocycles. The van der Waals surface area contributed by atoms with Crippen molar-refractivity contribution in [1.82, 2.24) is 4.98 Å². The molecule has 0 spiro atoms. The Bertz CT molecular complexity index is 639. The maximum Gasteiger partial charge on any atom is 0.573 e. The van der Waals surface area contributed by atoms with Crippen LogP contribution in [0.4, 0.5) is 13.2 Å². The number of carbonyl (C=O) groups is 1. The van der Waals surface area contributed by atoms with Gasteiger partial charge in [-0.05, 0) is 36.4 Å². The monoisotopic (exact) mass is 297 g/mol. The number of halogens is 3. The fraction of sp³-hybridized carbons (Fsp3) is 0.143. The van der Waals surface area contributed by atoms with Crippen LogP contribution in [0.25, 0.3) is 11.3 Å². The lowest BCUT2D eigenvalue weighted by atomic mass is 10.1. The minimum Gasteiger partial charge on any atom is -0.465 e. The van der Waals surface area contributed by atoms with E-state index >= 15 is 0 Å². The Kier molecular flexibility index (Phi) is 4.11. The summed E-state index contributed by atoms with van der Waals surface area (Å²) in [5, 5.41) is 0. The van der Waals surface area contributed by atoms with Crippen molar-refractivity contribution in [2.75, 3.05) is 7.11 Å². The second-order valence-electron chi connectivity index (χ2n) is 3.99. The van der Waals surface area contributed by atoms with E-state index in [0.29, 0.717) is 16.8 Å². The number of benzene rings is 1. The van der Waals surface area contributed by atoms with E-state index in [1.54, 1.807) is 0 Å². The Balaban J connectivity index is 2.25. The number of hydrogen-bond donors (Lipinski definition) is 0. The summed E-state index contributed by atoms with van der Waals surface area (Å²) in [6, 6.07) is 8.17. The molecule has 7 heteroatoms. The first-order chi connectivity index (χ1) is 9.89. The first-order valence-electron chi connectivity index (χ1n) is 5.79. The third-order valence-electron chi connectivity index (χ3n) is 2.56. The Morgan fingerprint density at radius 1 is 1.14 bits per heavy atom. The highest BCUT2D eigenvalue weighted by Gasteiger charge is 2.30. The number of aromatic nitrogens is 1. The van der Waals surface area contributed by atoms with Crippen LogP contribution in [0.2, 0.25) is 0 Å². The summed E-state index contributed by atoms with van der Waals surface area (Å²) < 4.78 is 44.5. The predicted molar refractivity (Wildman–Crippen MR) is 67.7 cm³/mol. The molecular weight excluding hydrogens is 287 g/mol. The fourth-order valence-electron chi connectivity index (χ4n) is 1.66. The fourth-order valence-corrected chi connectivity index (χ4v) is 1.66. The molecule has 0 atom stereocenters. The van der Waals surface area contributed by atoms with Crippen LogP contribution < -0.4 is 4.74 Å². The molecule has 0 radical (unpaired) electrons. The molecule has 0 aliphatic heterocycles. The van der Waals surface area contributed by atoms with Crippen LogP contribution >= 0.6 is 0 Å². The molecule has 2 aromatic rings. The molecule has 0 bridgehead atoms. The van der Waals surface area contributed by atoms with Crippen LogP contribution in [0.1, 0.15) is 10.4 Å². The van der Waals surface area contributed by atoms with E-state index < -0.39 is 12.3 Å². The second kappa shape index (κ2) is 5.82. The predicted octanol–water partition coefficient (Wildman–Crippen LogP) is 3.43. The summed E-state index contributed by atoms with van der Waals surface area (Å²) in [5.74, 6) is -0.842. The van der Waals surface area contributed by atoms with E-state index in [1.165, 1.54) is 49.7 Å². The van der Waals surface area contributed by atoms with Gasteiger partial charge in [-0.15, -0.1) is 13.2 Å². The summed E-state index contributed by atoms with van der Waals surface area (Å²) in [6.07, 6.45) is -3.31. The quantitative estimate of drug-likeness (QED) is 0.814. The van der Waals surface area contributed by atoms with Gasteiger partial charge in [0.2, 0.25) is 0 Å². The molecule has 110 valence electrons. The first kappa shape index (κ1) is 14.8. The SMILES string of the molecule is COC(=O)c1ccnc(-c2ccc(OC(F)(F)F)cc2)c1. The minimum atomic E-state index is -4.73. The molecule has 0 N–H and O–H groups in total. The average molecular weight is 297 g/mol. The van der Waals surface area contributed by atoms with Crippen LogP contribution in [-0.2, 0) is 4.74 Å². The minimum absolute atomic E-state index is 0.304. The van der Waals surface area contributed by atoms with Crippen molar-refractivity contribution in [3.05, 3.63) is 48.2 Å². The van der Waals surface area contributed by atoms with Gasteiger partial charge in [0.15, 0.2) is 0 Å². The van der Waals surface area contributed by atoms with E-state index in [0.717, 1.165) is 0 Å². The van der Waals surface area contributed by atoms with Crippen LogP contribution in [0.15, 0.2) is 42.6 Å². The number of hydrogen-bond acceptors (Lipinski definition) is 4. The lowest BCUT2D eigenvalue weighted by Crippen LogP contribution is -2.16. The zero-order valence-electron chi connectivity index (χ0n) is 10.8. The molecule has 0 aliphatic rings. The Hall–Kier alpha value is -2.57. The van der Waals surface area contributed by atoms with Gasteiger partial charge >= 0.3 is 12.3 Å². The number of esters is 1.